The highest BCUT2D eigenvalue weighted by Crippen LogP contribution is 2.64. The summed E-state index contributed by atoms with van der Waals surface area (Å²) in [7, 11) is 0. The van der Waals surface area contributed by atoms with E-state index < -0.39 is 6.10 Å². The summed E-state index contributed by atoms with van der Waals surface area (Å²) in [4.78, 5) is 12.5. The number of allylic oxidation sites excluding steroid dienone is 2. The molecule has 1 aromatic rings. The van der Waals surface area contributed by atoms with Gasteiger partial charge in [0, 0.05) is 16.5 Å². The van der Waals surface area contributed by atoms with Crippen molar-refractivity contribution in [2.45, 2.75) is 92.3 Å². The van der Waals surface area contributed by atoms with E-state index in [0.717, 1.165) is 48.8 Å². The van der Waals surface area contributed by atoms with Crippen LogP contribution in [-0.4, -0.2) is 17.3 Å². The molecule has 6 unspecified atom stereocenters. The molecule has 2 fully saturated rings. The fraction of sp³-hybridized carbons (Fsp3) is 0.667. The Balaban J connectivity index is 1.90. The van der Waals surface area contributed by atoms with E-state index in [4.69, 9.17) is 9.15 Å². The van der Waals surface area contributed by atoms with Crippen molar-refractivity contribution in [2.24, 2.45) is 22.7 Å². The summed E-state index contributed by atoms with van der Waals surface area (Å²) in [5.41, 5.74) is 4.65. The SMILES string of the molecule is C=C1CCC2C(C)(CC(O)C=C(C)C)C3CCC2(C)C1Cc1c(oc(=O)c(C)c1C)O3. The van der Waals surface area contributed by atoms with Crippen LogP contribution in [0.15, 0.2) is 33.0 Å². The highest BCUT2D eigenvalue weighted by molar-refractivity contribution is 5.39. The first-order chi connectivity index (χ1) is 14.5. The average molecular weight is 427 g/mol. The fourth-order valence-electron chi connectivity index (χ4n) is 7.13. The van der Waals surface area contributed by atoms with Crippen LogP contribution in [0.5, 0.6) is 5.95 Å². The molecule has 2 saturated carbocycles. The van der Waals surface area contributed by atoms with Crippen LogP contribution in [0.3, 0.4) is 0 Å². The third kappa shape index (κ3) is 3.51. The van der Waals surface area contributed by atoms with Gasteiger partial charge in [0.2, 0.25) is 0 Å². The zero-order valence-electron chi connectivity index (χ0n) is 20.0. The fourth-order valence-corrected chi connectivity index (χ4v) is 7.13. The molecule has 4 aliphatic rings. The van der Waals surface area contributed by atoms with Gasteiger partial charge in [0.1, 0.15) is 6.10 Å². The van der Waals surface area contributed by atoms with Gasteiger partial charge < -0.3 is 14.3 Å². The second-order valence-corrected chi connectivity index (χ2v) is 11.1. The van der Waals surface area contributed by atoms with E-state index in [2.05, 4.69) is 20.4 Å². The van der Waals surface area contributed by atoms with Crippen molar-refractivity contribution in [3.05, 3.63) is 50.9 Å². The lowest BCUT2D eigenvalue weighted by Gasteiger charge is -2.60. The van der Waals surface area contributed by atoms with E-state index >= 15 is 0 Å². The third-order valence-corrected chi connectivity index (χ3v) is 8.90. The lowest BCUT2D eigenvalue weighted by Crippen LogP contribution is -2.58. The largest absolute Gasteiger partial charge is 0.461 e. The molecule has 0 spiro atoms. The van der Waals surface area contributed by atoms with E-state index in [1.807, 2.05) is 33.8 Å². The Morgan fingerprint density at radius 3 is 2.65 bits per heavy atom. The molecule has 4 bridgehead atoms. The molecule has 4 nitrogen and oxygen atoms in total. The first-order valence-corrected chi connectivity index (χ1v) is 11.8. The standard InChI is InChI=1S/C27H38O4/c1-15(2)12-19(28)14-27(7)22-9-8-16(3)21-13-20-17(4)18(5)24(29)31-25(20)30-23(27)10-11-26(21,22)6/h12,19,21-23,28H,3,8-11,13-14H2,1-2,4-7H3. The number of fused-ring (bicyclic) bond motifs is 1. The molecular weight excluding hydrogens is 388 g/mol. The van der Waals surface area contributed by atoms with Crippen molar-refractivity contribution in [1.29, 1.82) is 0 Å². The molecule has 3 heterocycles. The normalized spacial score (nSPS) is 35.3. The van der Waals surface area contributed by atoms with Gasteiger partial charge in [0.25, 0.3) is 5.95 Å². The highest BCUT2D eigenvalue weighted by Gasteiger charge is 2.60. The first kappa shape index (κ1) is 22.4. The molecule has 0 aromatic carbocycles. The number of rotatable bonds is 3. The Morgan fingerprint density at radius 1 is 1.26 bits per heavy atom. The Morgan fingerprint density at radius 2 is 1.97 bits per heavy atom. The molecule has 0 amide bonds. The summed E-state index contributed by atoms with van der Waals surface area (Å²) in [6, 6.07) is 0. The van der Waals surface area contributed by atoms with Crippen LogP contribution in [0.4, 0.5) is 0 Å². The van der Waals surface area contributed by atoms with Gasteiger partial charge in [-0.1, -0.05) is 37.6 Å². The zero-order valence-corrected chi connectivity index (χ0v) is 20.0. The van der Waals surface area contributed by atoms with E-state index in [9.17, 15) is 9.90 Å². The number of hydrogen-bond donors (Lipinski definition) is 1. The smallest absolute Gasteiger partial charge is 0.341 e. The molecule has 0 saturated heterocycles. The van der Waals surface area contributed by atoms with Crippen molar-refractivity contribution >= 4 is 0 Å². The van der Waals surface area contributed by atoms with Crippen molar-refractivity contribution in [3.63, 3.8) is 0 Å². The molecule has 6 atom stereocenters. The monoisotopic (exact) mass is 426 g/mol. The maximum Gasteiger partial charge on any atom is 0.341 e. The van der Waals surface area contributed by atoms with Crippen LogP contribution in [-0.2, 0) is 6.42 Å². The van der Waals surface area contributed by atoms with Gasteiger partial charge in [-0.3, -0.25) is 0 Å². The van der Waals surface area contributed by atoms with E-state index in [-0.39, 0.29) is 22.6 Å². The minimum Gasteiger partial charge on any atom is -0.461 e. The Labute approximate surface area is 186 Å². The Hall–Kier alpha value is -1.81. The van der Waals surface area contributed by atoms with Gasteiger partial charge in [-0.05, 0) is 89.0 Å². The van der Waals surface area contributed by atoms with Crippen molar-refractivity contribution < 1.29 is 14.3 Å². The molecule has 1 aromatic heterocycles. The molecule has 170 valence electrons. The summed E-state index contributed by atoms with van der Waals surface area (Å²) < 4.78 is 12.4. The van der Waals surface area contributed by atoms with Gasteiger partial charge in [-0.2, -0.15) is 0 Å². The summed E-state index contributed by atoms with van der Waals surface area (Å²) in [6.45, 7) is 17.1. The maximum absolute atomic E-state index is 12.5. The van der Waals surface area contributed by atoms with Crippen LogP contribution in [0.1, 0.15) is 76.5 Å². The quantitative estimate of drug-likeness (QED) is 0.633. The van der Waals surface area contributed by atoms with Gasteiger partial charge in [0.15, 0.2) is 0 Å². The Bertz CT molecular complexity index is 982. The summed E-state index contributed by atoms with van der Waals surface area (Å²) >= 11 is 0. The van der Waals surface area contributed by atoms with Gasteiger partial charge in [0.05, 0.1) is 6.10 Å². The number of hydrogen-bond acceptors (Lipinski definition) is 4. The van der Waals surface area contributed by atoms with Gasteiger partial charge >= 0.3 is 5.63 Å². The second kappa shape index (κ2) is 7.65. The summed E-state index contributed by atoms with van der Waals surface area (Å²) in [5.74, 6) is 1.13. The maximum atomic E-state index is 12.5. The van der Waals surface area contributed by atoms with Crippen LogP contribution >= 0.6 is 0 Å². The van der Waals surface area contributed by atoms with Crippen LogP contribution < -0.4 is 10.4 Å². The van der Waals surface area contributed by atoms with E-state index in [0.29, 0.717) is 29.8 Å². The molecule has 2 aliphatic heterocycles. The third-order valence-electron chi connectivity index (χ3n) is 8.90. The molecule has 2 aliphatic carbocycles. The summed E-state index contributed by atoms with van der Waals surface area (Å²) in [6.07, 6.45) is 6.83. The average Bonchev–Trinajstić information content (AvgIpc) is 2.73. The van der Waals surface area contributed by atoms with Crippen LogP contribution in [0.2, 0.25) is 0 Å². The first-order valence-electron chi connectivity index (χ1n) is 11.8. The molecule has 1 N–H and O–H groups in total. The predicted octanol–water partition coefficient (Wildman–Crippen LogP) is 5.67. The zero-order chi connectivity index (χ0) is 22.7. The highest BCUT2D eigenvalue weighted by atomic mass is 16.6. The van der Waals surface area contributed by atoms with Crippen molar-refractivity contribution in [2.75, 3.05) is 0 Å². The number of aliphatic hydroxyl groups is 1. The molecule has 31 heavy (non-hydrogen) atoms. The van der Waals surface area contributed by atoms with E-state index in [1.165, 1.54) is 5.57 Å². The second-order valence-electron chi connectivity index (χ2n) is 11.1. The summed E-state index contributed by atoms with van der Waals surface area (Å²) in [5, 5.41) is 10.9. The molecule has 5 rings (SSSR count). The minimum atomic E-state index is -0.515. The lowest BCUT2D eigenvalue weighted by atomic mass is 9.45. The van der Waals surface area contributed by atoms with Gasteiger partial charge in [-0.25, -0.2) is 4.79 Å². The van der Waals surface area contributed by atoms with E-state index in [1.54, 1.807) is 0 Å². The molecular formula is C27H38O4. The topological polar surface area (TPSA) is 59.7 Å². The molecule has 0 radical (unpaired) electrons. The van der Waals surface area contributed by atoms with Crippen LogP contribution in [0, 0.1) is 36.5 Å². The van der Waals surface area contributed by atoms with Crippen molar-refractivity contribution in [1.82, 2.24) is 0 Å². The minimum absolute atomic E-state index is 0.0900. The predicted molar refractivity (Wildman–Crippen MR) is 123 cm³/mol. The lowest BCUT2D eigenvalue weighted by molar-refractivity contribution is -0.136. The van der Waals surface area contributed by atoms with Crippen molar-refractivity contribution in [3.8, 4) is 5.95 Å². The number of ether oxygens (including phenoxy) is 1. The van der Waals surface area contributed by atoms with Crippen LogP contribution in [0.25, 0.3) is 0 Å². The Kier molecular flexibility index (Phi) is 5.53. The van der Waals surface area contributed by atoms with Gasteiger partial charge in [-0.15, -0.1) is 0 Å². The molecule has 4 heteroatoms. The number of aliphatic hydroxyl groups excluding tert-OH is 1.